The highest BCUT2D eigenvalue weighted by Gasteiger charge is 2.27. The van der Waals surface area contributed by atoms with Gasteiger partial charge in [0.25, 0.3) is 0 Å². The van der Waals surface area contributed by atoms with E-state index in [-0.39, 0.29) is 19.1 Å². The monoisotopic (exact) mass is 976 g/mol. The Morgan fingerprint density at radius 3 is 1.33 bits per heavy atom. The van der Waals surface area contributed by atoms with Gasteiger partial charge in [0.15, 0.2) is 0 Å². The molecular weight excluding hydrogens is 876 g/mol. The van der Waals surface area contributed by atoms with Crippen LogP contribution in [-0.2, 0) is 18.4 Å². The Labute approximate surface area is 423 Å². The lowest BCUT2D eigenvalue weighted by Gasteiger charge is -2.25. The van der Waals surface area contributed by atoms with E-state index in [9.17, 15) is 19.4 Å². The number of likely N-dealkylation sites (N-methyl/N-ethyl adjacent to an activating group) is 1. The van der Waals surface area contributed by atoms with E-state index in [4.69, 9.17) is 9.05 Å². The van der Waals surface area contributed by atoms with Crippen LogP contribution < -0.4 is 5.32 Å². The molecular formula is C60H100N2O6P+. The molecule has 390 valence electrons. The van der Waals surface area contributed by atoms with Crippen LogP contribution in [0.3, 0.4) is 0 Å². The van der Waals surface area contributed by atoms with Gasteiger partial charge in [-0.05, 0) is 116 Å². The summed E-state index contributed by atoms with van der Waals surface area (Å²) in [5.74, 6) is -0.218. The number of phosphoric acid groups is 1. The number of phosphoric ester groups is 1. The van der Waals surface area contributed by atoms with Gasteiger partial charge in [-0.15, -0.1) is 0 Å². The van der Waals surface area contributed by atoms with Crippen molar-refractivity contribution in [3.05, 3.63) is 146 Å². The number of hydrogen-bond donors (Lipinski definition) is 3. The zero-order valence-corrected chi connectivity index (χ0v) is 45.1. The van der Waals surface area contributed by atoms with E-state index in [1.165, 1.54) is 25.7 Å². The maximum Gasteiger partial charge on any atom is 0.472 e. The van der Waals surface area contributed by atoms with Gasteiger partial charge in [0.05, 0.1) is 39.9 Å². The lowest BCUT2D eigenvalue weighted by molar-refractivity contribution is -0.870. The Balaban J connectivity index is 4.33. The standard InChI is InChI=1S/C60H99N2O6P/c1-6-8-10-12-14-16-18-20-22-23-24-25-26-27-28-29-30-31-32-33-34-35-36-37-38-39-40-42-44-46-48-50-52-54-60(64)61-58(57-68-69(65,66)67-56-55-62(3,4)5)59(63)53-51-49-47-45-43-41-21-19-17-15-13-11-9-7-2/h8,10,14,16-17,19-20,22,24-25,27-28,30-31,33-34,36-37,39-40,43,45,51,53,58-59,63H,6-7,9,11-13,15,18,21,23,26,29,32,35,38,41-42,44,46-50,52,54-57H2,1-5H3,(H-,61,64,65,66)/p+1/b10-8-,16-14-,19-17+,22-20-,25-24-,28-27-,31-30-,34-33-,37-36-,40-39-,45-43+,53-51+. The minimum absolute atomic E-state index is 0.0407. The smallest absolute Gasteiger partial charge is 0.387 e. The van der Waals surface area contributed by atoms with Gasteiger partial charge in [-0.25, -0.2) is 4.57 Å². The summed E-state index contributed by atoms with van der Waals surface area (Å²) >= 11 is 0. The topological polar surface area (TPSA) is 105 Å². The van der Waals surface area contributed by atoms with E-state index in [2.05, 4.69) is 153 Å². The van der Waals surface area contributed by atoms with E-state index in [0.717, 1.165) is 128 Å². The van der Waals surface area contributed by atoms with Crippen molar-refractivity contribution in [1.29, 1.82) is 0 Å². The molecule has 0 aromatic heterocycles. The van der Waals surface area contributed by atoms with Crippen LogP contribution in [-0.4, -0.2) is 73.4 Å². The molecule has 3 atom stereocenters. The summed E-state index contributed by atoms with van der Waals surface area (Å²) in [6.45, 7) is 4.60. The van der Waals surface area contributed by atoms with Crippen LogP contribution in [0.25, 0.3) is 0 Å². The molecule has 0 rings (SSSR count). The number of allylic oxidation sites excluding steroid dienone is 23. The lowest BCUT2D eigenvalue weighted by atomic mass is 10.1. The number of carbonyl (C=O) groups excluding carboxylic acids is 1. The summed E-state index contributed by atoms with van der Waals surface area (Å²) in [5.41, 5.74) is 0. The lowest BCUT2D eigenvalue weighted by Crippen LogP contribution is -2.45. The molecule has 0 aliphatic carbocycles. The van der Waals surface area contributed by atoms with Crippen molar-refractivity contribution < 1.29 is 32.9 Å². The molecule has 0 heterocycles. The number of quaternary nitrogens is 1. The molecule has 0 saturated carbocycles. The van der Waals surface area contributed by atoms with Crippen molar-refractivity contribution >= 4 is 13.7 Å². The number of carbonyl (C=O) groups is 1. The van der Waals surface area contributed by atoms with Crippen molar-refractivity contribution in [2.45, 2.75) is 187 Å². The summed E-state index contributed by atoms with van der Waals surface area (Å²) in [4.78, 5) is 23.2. The maximum absolute atomic E-state index is 12.9. The molecule has 3 unspecified atom stereocenters. The predicted octanol–water partition coefficient (Wildman–Crippen LogP) is 16.1. The van der Waals surface area contributed by atoms with Gasteiger partial charge in [0.2, 0.25) is 5.91 Å². The normalized spacial score (nSPS) is 15.2. The molecule has 3 N–H and O–H groups in total. The van der Waals surface area contributed by atoms with Gasteiger partial charge in [-0.2, -0.15) is 0 Å². The molecule has 0 aliphatic heterocycles. The molecule has 0 aromatic rings. The summed E-state index contributed by atoms with van der Waals surface area (Å²) < 4.78 is 23.6. The van der Waals surface area contributed by atoms with Crippen molar-refractivity contribution in [1.82, 2.24) is 5.32 Å². The third-order valence-electron chi connectivity index (χ3n) is 10.8. The largest absolute Gasteiger partial charge is 0.472 e. The Bertz CT molecular complexity index is 1620. The first kappa shape index (κ1) is 65.4. The third kappa shape index (κ3) is 52.0. The number of aliphatic hydroxyl groups is 1. The van der Waals surface area contributed by atoms with Crippen LogP contribution in [0.5, 0.6) is 0 Å². The minimum Gasteiger partial charge on any atom is -0.387 e. The van der Waals surface area contributed by atoms with Crippen LogP contribution in [0.2, 0.25) is 0 Å². The zero-order valence-electron chi connectivity index (χ0n) is 44.2. The number of unbranched alkanes of at least 4 members (excludes halogenated alkanes) is 11. The van der Waals surface area contributed by atoms with Crippen LogP contribution in [0.1, 0.15) is 174 Å². The van der Waals surface area contributed by atoms with E-state index < -0.39 is 20.0 Å². The SMILES string of the molecule is CC/C=C\C/C=C\C/C=C\C/C=C\C/C=C\C/C=C\C/C=C\C/C=C\C/C=C\CCCCCCCC(=O)NC(COP(=O)(O)OCC[N+](C)(C)C)C(O)/C=C/CC/C=C/CC/C=C/CCCCCC. The zero-order chi connectivity index (χ0) is 50.6. The summed E-state index contributed by atoms with van der Waals surface area (Å²) in [7, 11) is 1.50. The van der Waals surface area contributed by atoms with Crippen LogP contribution in [0, 0.1) is 0 Å². The highest BCUT2D eigenvalue weighted by Crippen LogP contribution is 2.43. The van der Waals surface area contributed by atoms with E-state index in [1.807, 2.05) is 27.2 Å². The first-order valence-corrected chi connectivity index (χ1v) is 28.2. The van der Waals surface area contributed by atoms with Crippen molar-refractivity contribution in [2.75, 3.05) is 40.9 Å². The van der Waals surface area contributed by atoms with E-state index in [1.54, 1.807) is 6.08 Å². The molecule has 9 heteroatoms. The van der Waals surface area contributed by atoms with Gasteiger partial charge >= 0.3 is 7.82 Å². The fraction of sp³-hybridized carbons (Fsp3) is 0.583. The summed E-state index contributed by atoms with van der Waals surface area (Å²) in [6.07, 6.45) is 76.5. The Morgan fingerprint density at radius 2 is 0.884 bits per heavy atom. The molecule has 0 fully saturated rings. The number of aliphatic hydroxyl groups excluding tert-OH is 1. The van der Waals surface area contributed by atoms with Crippen molar-refractivity contribution in [3.63, 3.8) is 0 Å². The molecule has 0 bridgehead atoms. The first-order valence-electron chi connectivity index (χ1n) is 26.7. The van der Waals surface area contributed by atoms with E-state index in [0.29, 0.717) is 17.4 Å². The van der Waals surface area contributed by atoms with Crippen molar-refractivity contribution in [3.8, 4) is 0 Å². The molecule has 1 amide bonds. The highest BCUT2D eigenvalue weighted by molar-refractivity contribution is 7.47. The average molecular weight is 976 g/mol. The molecule has 0 radical (unpaired) electrons. The Kier molecular flexibility index (Phi) is 46.8. The van der Waals surface area contributed by atoms with Gasteiger partial charge in [-0.3, -0.25) is 13.8 Å². The van der Waals surface area contributed by atoms with Gasteiger partial charge < -0.3 is 19.8 Å². The maximum atomic E-state index is 12.9. The van der Waals surface area contributed by atoms with Crippen LogP contribution >= 0.6 is 7.82 Å². The second-order valence-electron chi connectivity index (χ2n) is 18.5. The predicted molar refractivity (Wildman–Crippen MR) is 299 cm³/mol. The molecule has 0 saturated heterocycles. The number of hydrogen-bond acceptors (Lipinski definition) is 5. The fourth-order valence-electron chi connectivity index (χ4n) is 6.59. The number of nitrogens with zero attached hydrogens (tertiary/aromatic N) is 1. The first-order chi connectivity index (χ1) is 33.5. The fourth-order valence-corrected chi connectivity index (χ4v) is 7.33. The quantitative estimate of drug-likeness (QED) is 0.0243. The molecule has 0 aromatic carbocycles. The van der Waals surface area contributed by atoms with Gasteiger partial charge in [0, 0.05) is 6.42 Å². The average Bonchev–Trinajstić information content (AvgIpc) is 3.31. The van der Waals surface area contributed by atoms with Crippen LogP contribution in [0.15, 0.2) is 146 Å². The van der Waals surface area contributed by atoms with Gasteiger partial charge in [-0.1, -0.05) is 198 Å². The number of amides is 1. The number of rotatable bonds is 46. The highest BCUT2D eigenvalue weighted by atomic mass is 31.2. The second-order valence-corrected chi connectivity index (χ2v) is 19.9. The summed E-state index contributed by atoms with van der Waals surface area (Å²) in [6, 6.07) is -0.891. The van der Waals surface area contributed by atoms with E-state index >= 15 is 0 Å². The molecule has 0 spiro atoms. The molecule has 8 nitrogen and oxygen atoms in total. The number of nitrogens with one attached hydrogen (secondary N) is 1. The minimum atomic E-state index is -4.37. The van der Waals surface area contributed by atoms with Gasteiger partial charge in [0.1, 0.15) is 13.2 Å². The van der Waals surface area contributed by atoms with Crippen LogP contribution in [0.4, 0.5) is 0 Å². The molecule has 69 heavy (non-hydrogen) atoms. The summed E-state index contributed by atoms with van der Waals surface area (Å²) in [5, 5.41) is 13.8. The second kappa shape index (κ2) is 49.4. The molecule has 0 aliphatic rings. The van der Waals surface area contributed by atoms with Crippen molar-refractivity contribution in [2.24, 2.45) is 0 Å². The Hall–Kier alpha value is -3.62. The third-order valence-corrected chi connectivity index (χ3v) is 11.8. The Morgan fingerprint density at radius 1 is 0.507 bits per heavy atom.